The molecule has 0 atom stereocenters. The van der Waals surface area contributed by atoms with Gasteiger partial charge < -0.3 is 10.4 Å². The lowest BCUT2D eigenvalue weighted by Crippen LogP contribution is -2.44. The molecule has 0 aromatic heterocycles. The molecule has 0 radical (unpaired) electrons. The smallest absolute Gasteiger partial charge is 0.223 e. The number of aliphatic hydroxyl groups excluding tert-OH is 1. The average Bonchev–Trinajstić information content (AvgIpc) is 2.65. The molecular weight excluding hydrogens is 154 g/mol. The van der Waals surface area contributed by atoms with Crippen LogP contribution in [0.4, 0.5) is 0 Å². The van der Waals surface area contributed by atoms with Crippen molar-refractivity contribution in [2.24, 2.45) is 5.92 Å². The Labute approximate surface area is 73.2 Å². The number of amides is 1. The highest BCUT2D eigenvalue weighted by molar-refractivity contribution is 5.81. The summed E-state index contributed by atoms with van der Waals surface area (Å²) in [5.74, 6) is 0.399. The Hall–Kier alpha value is -0.570. The molecule has 0 bridgehead atoms. The van der Waals surface area contributed by atoms with Gasteiger partial charge >= 0.3 is 0 Å². The fourth-order valence-corrected chi connectivity index (χ4v) is 1.12. The molecule has 70 valence electrons. The number of aliphatic hydroxyl groups is 1. The van der Waals surface area contributed by atoms with Gasteiger partial charge in [0.1, 0.15) is 0 Å². The molecule has 0 aromatic carbocycles. The summed E-state index contributed by atoms with van der Waals surface area (Å²) in [6, 6.07) is 0. The molecule has 0 unspecified atom stereocenters. The van der Waals surface area contributed by atoms with Crippen LogP contribution in [0.25, 0.3) is 0 Å². The van der Waals surface area contributed by atoms with E-state index >= 15 is 0 Å². The second-order valence-corrected chi connectivity index (χ2v) is 4.12. The number of nitrogens with one attached hydrogen (secondary N) is 1. The maximum absolute atomic E-state index is 11.3. The molecule has 1 saturated carbocycles. The Kier molecular flexibility index (Phi) is 2.73. The third-order valence-corrected chi connectivity index (χ3v) is 2.15. The van der Waals surface area contributed by atoms with Crippen molar-refractivity contribution in [3.05, 3.63) is 0 Å². The van der Waals surface area contributed by atoms with Crippen molar-refractivity contribution in [3.8, 4) is 0 Å². The summed E-state index contributed by atoms with van der Waals surface area (Å²) in [6.45, 7) is 3.99. The highest BCUT2D eigenvalue weighted by atomic mass is 16.3. The zero-order valence-corrected chi connectivity index (χ0v) is 7.76. The van der Waals surface area contributed by atoms with Crippen molar-refractivity contribution in [2.45, 2.75) is 38.6 Å². The van der Waals surface area contributed by atoms with Gasteiger partial charge in [-0.25, -0.2) is 0 Å². The molecule has 1 fully saturated rings. The molecule has 2 N–H and O–H groups in total. The van der Waals surface area contributed by atoms with Gasteiger partial charge in [0.05, 0.1) is 0 Å². The van der Waals surface area contributed by atoms with Crippen LogP contribution in [-0.4, -0.2) is 23.2 Å². The van der Waals surface area contributed by atoms with Gasteiger partial charge in [-0.15, -0.1) is 0 Å². The second kappa shape index (κ2) is 3.44. The van der Waals surface area contributed by atoms with E-state index in [0.717, 1.165) is 12.8 Å². The predicted octanol–water partition coefficient (Wildman–Crippen LogP) is 0.674. The zero-order valence-electron chi connectivity index (χ0n) is 7.76. The minimum atomic E-state index is -0.256. The Morgan fingerprint density at radius 2 is 2.17 bits per heavy atom. The molecule has 3 heteroatoms. The summed E-state index contributed by atoms with van der Waals surface area (Å²) >= 11 is 0. The van der Waals surface area contributed by atoms with Gasteiger partial charge in [-0.3, -0.25) is 4.79 Å². The Bertz CT molecular complexity index is 173. The largest absolute Gasteiger partial charge is 0.396 e. The number of rotatable bonds is 4. The summed E-state index contributed by atoms with van der Waals surface area (Å²) in [6.07, 6.45) is 2.67. The number of carbonyl (C=O) groups excluding carboxylic acids is 1. The van der Waals surface area contributed by atoms with Crippen LogP contribution in [0.2, 0.25) is 0 Å². The highest BCUT2D eigenvalue weighted by Crippen LogP contribution is 2.29. The molecule has 0 saturated heterocycles. The minimum Gasteiger partial charge on any atom is -0.396 e. The summed E-state index contributed by atoms with van der Waals surface area (Å²) in [5.41, 5.74) is -0.256. The van der Waals surface area contributed by atoms with Crippen LogP contribution in [-0.2, 0) is 4.79 Å². The number of hydrogen-bond donors (Lipinski definition) is 2. The topological polar surface area (TPSA) is 49.3 Å². The van der Waals surface area contributed by atoms with Crippen LogP contribution in [0.1, 0.15) is 33.1 Å². The van der Waals surface area contributed by atoms with E-state index < -0.39 is 0 Å². The van der Waals surface area contributed by atoms with Gasteiger partial charge in [0, 0.05) is 18.1 Å². The van der Waals surface area contributed by atoms with Crippen molar-refractivity contribution in [1.82, 2.24) is 5.32 Å². The van der Waals surface area contributed by atoms with Gasteiger partial charge in [-0.1, -0.05) is 0 Å². The normalized spacial score (nSPS) is 17.6. The summed E-state index contributed by atoms with van der Waals surface area (Å²) in [5, 5.41) is 11.6. The van der Waals surface area contributed by atoms with E-state index in [4.69, 9.17) is 5.11 Å². The molecule has 0 aliphatic heterocycles. The van der Waals surface area contributed by atoms with Crippen LogP contribution in [0, 0.1) is 5.92 Å². The van der Waals surface area contributed by atoms with E-state index in [1.807, 2.05) is 13.8 Å². The number of hydrogen-bond acceptors (Lipinski definition) is 2. The quantitative estimate of drug-likeness (QED) is 0.653. The molecule has 12 heavy (non-hydrogen) atoms. The molecule has 1 amide bonds. The van der Waals surface area contributed by atoms with E-state index in [1.54, 1.807) is 0 Å². The van der Waals surface area contributed by atoms with E-state index in [-0.39, 0.29) is 24.0 Å². The maximum Gasteiger partial charge on any atom is 0.223 e. The predicted molar refractivity (Wildman–Crippen MR) is 46.6 cm³/mol. The van der Waals surface area contributed by atoms with E-state index in [1.165, 1.54) is 0 Å². The molecule has 0 heterocycles. The zero-order chi connectivity index (χ0) is 9.19. The standard InChI is InChI=1S/C9H17NO2/c1-9(2,5-6-11)10-8(12)7-3-4-7/h7,11H,3-6H2,1-2H3,(H,10,12). The Balaban J connectivity index is 2.31. The van der Waals surface area contributed by atoms with E-state index in [9.17, 15) is 4.79 Å². The van der Waals surface area contributed by atoms with E-state index in [0.29, 0.717) is 6.42 Å². The first kappa shape index (κ1) is 9.52. The summed E-state index contributed by atoms with van der Waals surface area (Å²) in [7, 11) is 0. The molecule has 3 nitrogen and oxygen atoms in total. The van der Waals surface area contributed by atoms with Crippen LogP contribution in [0.5, 0.6) is 0 Å². The third kappa shape index (κ3) is 2.81. The molecule has 1 aliphatic rings. The molecule has 0 spiro atoms. The Morgan fingerprint density at radius 3 is 2.58 bits per heavy atom. The van der Waals surface area contributed by atoms with Crippen LogP contribution < -0.4 is 5.32 Å². The van der Waals surface area contributed by atoms with Crippen LogP contribution in [0.3, 0.4) is 0 Å². The fourth-order valence-electron chi connectivity index (χ4n) is 1.12. The second-order valence-electron chi connectivity index (χ2n) is 4.12. The Morgan fingerprint density at radius 1 is 1.58 bits per heavy atom. The molecule has 0 aromatic rings. The van der Waals surface area contributed by atoms with Crippen molar-refractivity contribution in [1.29, 1.82) is 0 Å². The van der Waals surface area contributed by atoms with Crippen molar-refractivity contribution in [2.75, 3.05) is 6.61 Å². The molecular formula is C9H17NO2. The lowest BCUT2D eigenvalue weighted by Gasteiger charge is -2.25. The fraction of sp³-hybridized carbons (Fsp3) is 0.889. The van der Waals surface area contributed by atoms with Gasteiger partial charge in [0.25, 0.3) is 0 Å². The average molecular weight is 171 g/mol. The lowest BCUT2D eigenvalue weighted by atomic mass is 10.0. The first-order chi connectivity index (χ1) is 5.55. The van der Waals surface area contributed by atoms with Gasteiger partial charge in [0.15, 0.2) is 0 Å². The van der Waals surface area contributed by atoms with Gasteiger partial charge in [0.2, 0.25) is 5.91 Å². The SMILES string of the molecule is CC(C)(CCO)NC(=O)C1CC1. The van der Waals surface area contributed by atoms with Crippen LogP contribution in [0.15, 0.2) is 0 Å². The molecule has 1 rings (SSSR count). The summed E-state index contributed by atoms with van der Waals surface area (Å²) in [4.78, 5) is 11.3. The first-order valence-corrected chi connectivity index (χ1v) is 4.48. The van der Waals surface area contributed by atoms with Crippen molar-refractivity contribution in [3.63, 3.8) is 0 Å². The highest BCUT2D eigenvalue weighted by Gasteiger charge is 2.32. The lowest BCUT2D eigenvalue weighted by molar-refractivity contribution is -0.124. The maximum atomic E-state index is 11.3. The van der Waals surface area contributed by atoms with Gasteiger partial charge in [-0.2, -0.15) is 0 Å². The molecule has 1 aliphatic carbocycles. The minimum absolute atomic E-state index is 0.123. The number of carbonyl (C=O) groups is 1. The van der Waals surface area contributed by atoms with Crippen molar-refractivity contribution < 1.29 is 9.90 Å². The first-order valence-electron chi connectivity index (χ1n) is 4.48. The van der Waals surface area contributed by atoms with Gasteiger partial charge in [-0.05, 0) is 33.1 Å². The summed E-state index contributed by atoms with van der Waals surface area (Å²) < 4.78 is 0. The third-order valence-electron chi connectivity index (χ3n) is 2.15. The van der Waals surface area contributed by atoms with Crippen molar-refractivity contribution >= 4 is 5.91 Å². The monoisotopic (exact) mass is 171 g/mol. The van der Waals surface area contributed by atoms with E-state index in [2.05, 4.69) is 5.32 Å². The van der Waals surface area contributed by atoms with Crippen LogP contribution >= 0.6 is 0 Å².